The molecule has 0 spiro atoms. The van der Waals surface area contributed by atoms with Crippen molar-refractivity contribution in [2.24, 2.45) is 5.73 Å². The summed E-state index contributed by atoms with van der Waals surface area (Å²) in [6, 6.07) is -3.49. The SMILES string of the molecule is CN(C(=O)OC(C)(C)C)[C@@H]1C(O)[C@@H](OC2C(O)C(O[C@H]3O[C@H](CN(CCF)C(=O)OC(C)(C)C)CCC3NC(=O)OC(C)(C)C)C(NC(=O)OC(C)(C)C)=C[C@H]2N)OCC1(C)O. The summed E-state index contributed by atoms with van der Waals surface area (Å²) in [6.45, 7) is 19.6. The highest BCUT2D eigenvalue weighted by Gasteiger charge is 2.53. The molecule has 0 radical (unpaired) electrons. The maximum absolute atomic E-state index is 13.7. The molecule has 0 aromatic carbocycles. The highest BCUT2D eigenvalue weighted by molar-refractivity contribution is 5.71. The lowest BCUT2D eigenvalue weighted by atomic mass is 9.88. The quantitative estimate of drug-likeness (QED) is 0.163. The van der Waals surface area contributed by atoms with E-state index in [4.69, 9.17) is 43.6 Å². The summed E-state index contributed by atoms with van der Waals surface area (Å²) in [5.41, 5.74) is 1.08. The summed E-state index contributed by atoms with van der Waals surface area (Å²) in [5.74, 6) is 0. The number of hydrogen-bond donors (Lipinski definition) is 6. The molecule has 3 rings (SSSR count). The predicted octanol–water partition coefficient (Wildman–Crippen LogP) is 3.18. The van der Waals surface area contributed by atoms with Crippen LogP contribution in [-0.4, -0.2) is 172 Å². The van der Waals surface area contributed by atoms with E-state index in [1.165, 1.54) is 20.0 Å². The van der Waals surface area contributed by atoms with Crippen LogP contribution >= 0.6 is 0 Å². The lowest BCUT2D eigenvalue weighted by Crippen LogP contribution is -2.68. The van der Waals surface area contributed by atoms with E-state index in [1.807, 2.05) is 0 Å². The second kappa shape index (κ2) is 20.5. The van der Waals surface area contributed by atoms with Gasteiger partial charge in [-0.25, -0.2) is 23.6 Å². The average molecular weight is 894 g/mol. The molecule has 2 heterocycles. The minimum atomic E-state index is -1.79. The number of nitrogens with zero attached hydrogens (tertiary/aromatic N) is 2. The van der Waals surface area contributed by atoms with Gasteiger partial charge in [-0.1, -0.05) is 0 Å². The number of rotatable bonds is 11. The molecule has 2 aliphatic heterocycles. The van der Waals surface area contributed by atoms with E-state index in [2.05, 4.69) is 10.6 Å². The Kier molecular flexibility index (Phi) is 17.5. The second-order valence-electron chi connectivity index (χ2n) is 20.1. The number of nitrogens with one attached hydrogen (secondary N) is 2. The van der Waals surface area contributed by atoms with Crippen LogP contribution in [0.15, 0.2) is 11.8 Å². The first-order valence-corrected chi connectivity index (χ1v) is 20.8. The number of aliphatic hydroxyl groups is 3. The summed E-state index contributed by atoms with van der Waals surface area (Å²) in [4.78, 5) is 54.6. The number of ether oxygens (including phenoxy) is 8. The normalized spacial score (nSPS) is 30.9. The molecular formula is C41H72FN5O15. The Balaban J connectivity index is 2.02. The molecule has 2 saturated heterocycles. The fraction of sp³-hybridized carbons (Fsp3) is 0.854. The van der Waals surface area contributed by atoms with Gasteiger partial charge in [-0.05, 0) is 109 Å². The number of alkyl carbamates (subject to hydrolysis) is 2. The van der Waals surface area contributed by atoms with Crippen molar-refractivity contribution in [2.75, 3.05) is 33.4 Å². The van der Waals surface area contributed by atoms with E-state index in [-0.39, 0.29) is 31.6 Å². The molecule has 7 N–H and O–H groups in total. The molecule has 358 valence electrons. The number of halogens is 1. The Bertz CT molecular complexity index is 1570. The number of carbonyl (C=O) groups excluding carboxylic acids is 4. The van der Waals surface area contributed by atoms with Gasteiger partial charge in [-0.15, -0.1) is 0 Å². The van der Waals surface area contributed by atoms with Gasteiger partial charge in [0.25, 0.3) is 0 Å². The van der Waals surface area contributed by atoms with E-state index in [0.29, 0.717) is 0 Å². The molecular weight excluding hydrogens is 821 g/mol. The molecule has 21 heteroatoms. The number of aliphatic hydroxyl groups excluding tert-OH is 2. The van der Waals surface area contributed by atoms with Crippen molar-refractivity contribution in [3.63, 3.8) is 0 Å². The Hall–Kier alpha value is -3.57. The summed E-state index contributed by atoms with van der Waals surface area (Å²) in [7, 11) is 1.34. The van der Waals surface area contributed by atoms with Crippen molar-refractivity contribution in [1.82, 2.24) is 20.4 Å². The standard InChI is InChI=1S/C41H72FN5O15/c1-37(2,3)59-33(50)44-24-16-15-22(20-47(18-17-42)36(53)62-40(10,11)12)56-31(24)58-29-25(45-34(51)60-38(4,5)6)19-23(43)28(26(29)48)57-32-27(49)30(41(13,54)21-55-32)46(14)35(52)61-39(7,8)9/h19,22-24,26-32,48-49,54H,15-18,20-21,43H2,1-14H3,(H,44,50)(H,45,51)/t22-,23+,24?,26?,27?,28?,29?,30+,31+,32+,41?/m0/s1. The van der Waals surface area contributed by atoms with Gasteiger partial charge in [-0.3, -0.25) is 5.32 Å². The first kappa shape index (κ1) is 52.8. The second-order valence-corrected chi connectivity index (χ2v) is 20.1. The lowest BCUT2D eigenvalue weighted by molar-refractivity contribution is -0.306. The number of amides is 4. The van der Waals surface area contributed by atoms with Gasteiger partial charge in [0.15, 0.2) is 12.6 Å². The molecule has 62 heavy (non-hydrogen) atoms. The molecule has 20 nitrogen and oxygen atoms in total. The third-order valence-corrected chi connectivity index (χ3v) is 9.39. The van der Waals surface area contributed by atoms with E-state index in [9.17, 15) is 38.9 Å². The molecule has 6 unspecified atom stereocenters. The third kappa shape index (κ3) is 15.9. The van der Waals surface area contributed by atoms with Crippen LogP contribution in [0.1, 0.15) is 103 Å². The van der Waals surface area contributed by atoms with Gasteiger partial charge in [0.2, 0.25) is 0 Å². The molecule has 0 aromatic heterocycles. The Labute approximate surface area is 364 Å². The van der Waals surface area contributed by atoms with Crippen LogP contribution in [0.5, 0.6) is 0 Å². The molecule has 1 aliphatic carbocycles. The fourth-order valence-corrected chi connectivity index (χ4v) is 6.95. The van der Waals surface area contributed by atoms with Gasteiger partial charge in [-0.2, -0.15) is 0 Å². The van der Waals surface area contributed by atoms with E-state index >= 15 is 0 Å². The van der Waals surface area contributed by atoms with Gasteiger partial charge < -0.3 is 74.1 Å². The summed E-state index contributed by atoms with van der Waals surface area (Å²) in [6.07, 6.45) is -11.9. The first-order valence-electron chi connectivity index (χ1n) is 20.8. The minimum Gasteiger partial charge on any atom is -0.444 e. The zero-order valence-electron chi connectivity index (χ0n) is 38.7. The van der Waals surface area contributed by atoms with E-state index in [0.717, 1.165) is 9.80 Å². The molecule has 4 amide bonds. The number of carbonyl (C=O) groups is 4. The van der Waals surface area contributed by atoms with Gasteiger partial charge in [0.1, 0.15) is 59.1 Å². The van der Waals surface area contributed by atoms with Gasteiger partial charge >= 0.3 is 24.4 Å². The van der Waals surface area contributed by atoms with Crippen molar-refractivity contribution in [2.45, 2.75) is 192 Å². The van der Waals surface area contributed by atoms with E-state index < -0.39 is 127 Å². The molecule has 11 atom stereocenters. The highest BCUT2D eigenvalue weighted by atomic mass is 19.1. The average Bonchev–Trinajstić information content (AvgIpc) is 3.06. The summed E-state index contributed by atoms with van der Waals surface area (Å²) >= 11 is 0. The largest absolute Gasteiger partial charge is 0.444 e. The van der Waals surface area contributed by atoms with Crippen molar-refractivity contribution in [1.29, 1.82) is 0 Å². The van der Waals surface area contributed by atoms with Crippen LogP contribution in [-0.2, 0) is 37.9 Å². The van der Waals surface area contributed by atoms with Crippen LogP contribution in [0.3, 0.4) is 0 Å². The number of alkyl halides is 1. The molecule has 0 bridgehead atoms. The molecule has 0 saturated carbocycles. The number of likely N-dealkylation sites (N-methyl/N-ethyl adjacent to an activating group) is 1. The van der Waals surface area contributed by atoms with Gasteiger partial charge in [0.05, 0.1) is 49.6 Å². The van der Waals surface area contributed by atoms with Crippen molar-refractivity contribution < 1.29 is 76.8 Å². The molecule has 2 fully saturated rings. The maximum Gasteiger partial charge on any atom is 0.411 e. The van der Waals surface area contributed by atoms with Crippen LogP contribution in [0.2, 0.25) is 0 Å². The zero-order valence-corrected chi connectivity index (χ0v) is 38.7. The molecule has 3 aliphatic rings. The van der Waals surface area contributed by atoms with Crippen LogP contribution in [0, 0.1) is 0 Å². The summed E-state index contributed by atoms with van der Waals surface area (Å²) in [5, 5.41) is 40.3. The van der Waals surface area contributed by atoms with Crippen LogP contribution < -0.4 is 16.4 Å². The fourth-order valence-electron chi connectivity index (χ4n) is 6.95. The van der Waals surface area contributed by atoms with Crippen molar-refractivity contribution >= 4 is 24.4 Å². The van der Waals surface area contributed by atoms with Crippen LogP contribution in [0.4, 0.5) is 23.6 Å². The monoisotopic (exact) mass is 894 g/mol. The number of nitrogens with two attached hydrogens (primary N) is 1. The maximum atomic E-state index is 13.7. The first-order chi connectivity index (χ1) is 28.2. The van der Waals surface area contributed by atoms with Crippen molar-refractivity contribution in [3.8, 4) is 0 Å². The predicted molar refractivity (Wildman–Crippen MR) is 220 cm³/mol. The van der Waals surface area contributed by atoms with E-state index in [1.54, 1.807) is 83.1 Å². The smallest absolute Gasteiger partial charge is 0.411 e. The Morgan fingerprint density at radius 1 is 0.839 bits per heavy atom. The summed E-state index contributed by atoms with van der Waals surface area (Å²) < 4.78 is 60.4. The zero-order chi connectivity index (χ0) is 47.3. The minimum absolute atomic E-state index is 0.0794. The molecule has 0 aromatic rings. The topological polar surface area (TPSA) is 259 Å². The lowest BCUT2D eigenvalue weighted by Gasteiger charge is -2.49. The Morgan fingerprint density at radius 2 is 1.39 bits per heavy atom. The highest BCUT2D eigenvalue weighted by Crippen LogP contribution is 2.34. The van der Waals surface area contributed by atoms with Gasteiger partial charge in [0, 0.05) is 7.05 Å². The van der Waals surface area contributed by atoms with Crippen LogP contribution in [0.25, 0.3) is 0 Å². The van der Waals surface area contributed by atoms with Crippen molar-refractivity contribution in [3.05, 3.63) is 11.8 Å². The third-order valence-electron chi connectivity index (χ3n) is 9.39. The number of hydrogen-bond acceptors (Lipinski definition) is 16. The Morgan fingerprint density at radius 3 is 1.94 bits per heavy atom.